The van der Waals surface area contributed by atoms with Crippen LogP contribution in [-0.2, 0) is 6.54 Å². The van der Waals surface area contributed by atoms with Crippen LogP contribution in [0.3, 0.4) is 0 Å². The number of hydrogen-bond donors (Lipinski definition) is 1. The minimum Gasteiger partial charge on any atom is -0.387 e. The number of hydrogen-bond acceptors (Lipinski definition) is 4. The van der Waals surface area contributed by atoms with Crippen LogP contribution in [-0.4, -0.2) is 62.8 Å². The number of aromatic nitrogens is 2. The Hall–Kier alpha value is -2.67. The van der Waals surface area contributed by atoms with Crippen LogP contribution in [0.4, 0.5) is 4.79 Å². The summed E-state index contributed by atoms with van der Waals surface area (Å²) in [6, 6.07) is 11.3. The number of carbonyl (C=O) groups is 1. The van der Waals surface area contributed by atoms with Crippen LogP contribution in [0.2, 0.25) is 0 Å². The van der Waals surface area contributed by atoms with Gasteiger partial charge in [-0.25, -0.2) is 9.78 Å². The number of urea groups is 1. The van der Waals surface area contributed by atoms with Gasteiger partial charge in [-0.1, -0.05) is 43.2 Å². The largest absolute Gasteiger partial charge is 0.387 e. The van der Waals surface area contributed by atoms with Crippen LogP contribution in [0, 0.1) is 11.3 Å². The summed E-state index contributed by atoms with van der Waals surface area (Å²) in [4.78, 5) is 34.3. The summed E-state index contributed by atoms with van der Waals surface area (Å²) >= 11 is 0. The average Bonchev–Trinajstić information content (AvgIpc) is 3.51. The van der Waals surface area contributed by atoms with Crippen LogP contribution in [0.25, 0.3) is 11.3 Å². The molecule has 2 amide bonds. The zero-order valence-corrected chi connectivity index (χ0v) is 19.4. The summed E-state index contributed by atoms with van der Waals surface area (Å²) in [6.45, 7) is 2.10. The molecule has 5 rings (SSSR count). The molecule has 2 aliphatic carbocycles. The SMILES string of the molecule is CN(CC1CC1)C(=O)N1CCC(O)(Cn2cnc(-c3ccccc3)cc2=O)C2(CCCC2)C1. The van der Waals surface area contributed by atoms with Crippen molar-refractivity contribution in [3.05, 3.63) is 53.1 Å². The van der Waals surface area contributed by atoms with Crippen LogP contribution in [0.5, 0.6) is 0 Å². The molecule has 1 atom stereocenters. The first-order chi connectivity index (χ1) is 15.9. The molecule has 2 heterocycles. The van der Waals surface area contributed by atoms with Gasteiger partial charge in [-0.3, -0.25) is 9.36 Å². The van der Waals surface area contributed by atoms with Gasteiger partial charge in [0.05, 0.1) is 24.2 Å². The molecule has 2 saturated carbocycles. The number of likely N-dealkylation sites (tertiary alicyclic amines) is 1. The highest BCUT2D eigenvalue weighted by Gasteiger charge is 2.55. The Morgan fingerprint density at radius 1 is 1.18 bits per heavy atom. The van der Waals surface area contributed by atoms with E-state index in [9.17, 15) is 14.7 Å². The van der Waals surface area contributed by atoms with Crippen molar-refractivity contribution in [2.75, 3.05) is 26.7 Å². The first-order valence-corrected chi connectivity index (χ1v) is 12.2. The summed E-state index contributed by atoms with van der Waals surface area (Å²) in [6.07, 6.45) is 8.31. The lowest BCUT2D eigenvalue weighted by molar-refractivity contribution is -0.136. The summed E-state index contributed by atoms with van der Waals surface area (Å²) in [5.74, 6) is 0.652. The lowest BCUT2D eigenvalue weighted by atomic mass is 9.66. The van der Waals surface area contributed by atoms with Crippen LogP contribution < -0.4 is 5.56 Å². The zero-order chi connectivity index (χ0) is 23.1. The number of aliphatic hydroxyl groups is 1. The fourth-order valence-electron chi connectivity index (χ4n) is 5.86. The molecule has 176 valence electrons. The Morgan fingerprint density at radius 3 is 2.58 bits per heavy atom. The molecule has 1 unspecified atom stereocenters. The minimum absolute atomic E-state index is 0.0706. The van der Waals surface area contributed by atoms with Crippen molar-refractivity contribution in [3.8, 4) is 11.3 Å². The second kappa shape index (κ2) is 8.60. The van der Waals surface area contributed by atoms with Crippen LogP contribution >= 0.6 is 0 Å². The molecule has 1 aromatic carbocycles. The number of piperidine rings is 1. The van der Waals surface area contributed by atoms with Gasteiger partial charge in [-0.15, -0.1) is 0 Å². The Kier molecular flexibility index (Phi) is 5.77. The van der Waals surface area contributed by atoms with Gasteiger partial charge < -0.3 is 14.9 Å². The van der Waals surface area contributed by atoms with E-state index in [0.717, 1.165) is 37.8 Å². The summed E-state index contributed by atoms with van der Waals surface area (Å²) in [7, 11) is 1.89. The molecule has 33 heavy (non-hydrogen) atoms. The van der Waals surface area contributed by atoms with Gasteiger partial charge in [0.2, 0.25) is 0 Å². The van der Waals surface area contributed by atoms with Gasteiger partial charge in [0, 0.05) is 43.7 Å². The molecule has 1 saturated heterocycles. The van der Waals surface area contributed by atoms with E-state index in [1.54, 1.807) is 17.0 Å². The minimum atomic E-state index is -1.03. The molecule has 3 aliphatic rings. The number of amides is 2. The molecule has 1 N–H and O–H groups in total. The van der Waals surface area contributed by atoms with Gasteiger partial charge in [0.1, 0.15) is 0 Å². The fourth-order valence-corrected chi connectivity index (χ4v) is 5.86. The van der Waals surface area contributed by atoms with E-state index in [0.29, 0.717) is 31.1 Å². The third-order valence-corrected chi connectivity index (χ3v) is 8.04. The molecule has 1 spiro atoms. The van der Waals surface area contributed by atoms with E-state index < -0.39 is 5.60 Å². The van der Waals surface area contributed by atoms with Gasteiger partial charge in [0.25, 0.3) is 5.56 Å². The molecule has 0 bridgehead atoms. The lowest BCUT2D eigenvalue weighted by Gasteiger charge is -2.52. The Labute approximate surface area is 195 Å². The van der Waals surface area contributed by atoms with Crippen molar-refractivity contribution in [1.29, 1.82) is 0 Å². The monoisotopic (exact) mass is 450 g/mol. The lowest BCUT2D eigenvalue weighted by Crippen LogP contribution is -2.63. The molecular weight excluding hydrogens is 416 g/mol. The number of carbonyl (C=O) groups excluding carboxylic acids is 1. The maximum atomic E-state index is 13.1. The maximum Gasteiger partial charge on any atom is 0.319 e. The third-order valence-electron chi connectivity index (χ3n) is 8.04. The molecular formula is C26H34N4O3. The first-order valence-electron chi connectivity index (χ1n) is 12.2. The Bertz CT molecular complexity index is 1060. The van der Waals surface area contributed by atoms with E-state index in [1.165, 1.54) is 12.8 Å². The summed E-state index contributed by atoms with van der Waals surface area (Å²) in [5, 5.41) is 11.9. The maximum absolute atomic E-state index is 13.1. The van der Waals surface area contributed by atoms with E-state index in [-0.39, 0.29) is 23.6 Å². The molecule has 0 radical (unpaired) electrons. The predicted molar refractivity (Wildman–Crippen MR) is 127 cm³/mol. The van der Waals surface area contributed by atoms with E-state index >= 15 is 0 Å². The highest BCUT2D eigenvalue weighted by Crippen LogP contribution is 2.51. The van der Waals surface area contributed by atoms with Crippen molar-refractivity contribution < 1.29 is 9.90 Å². The van der Waals surface area contributed by atoms with E-state index in [4.69, 9.17) is 0 Å². The molecule has 7 nitrogen and oxygen atoms in total. The molecule has 2 aromatic rings. The van der Waals surface area contributed by atoms with E-state index in [1.807, 2.05) is 47.2 Å². The highest BCUT2D eigenvalue weighted by molar-refractivity contribution is 5.74. The standard InChI is InChI=1S/C26H34N4O3/c1-28(16-20-9-10-20)24(32)29-14-13-26(33,25(17-29)11-5-6-12-25)18-30-19-27-22(15-23(30)31)21-7-3-2-4-8-21/h2-4,7-8,15,19-20,33H,5-6,9-14,16-18H2,1H3. The highest BCUT2D eigenvalue weighted by atomic mass is 16.3. The van der Waals surface area contributed by atoms with Gasteiger partial charge >= 0.3 is 6.03 Å². The smallest absolute Gasteiger partial charge is 0.319 e. The summed E-state index contributed by atoms with van der Waals surface area (Å²) < 4.78 is 1.54. The molecule has 7 heteroatoms. The third kappa shape index (κ3) is 4.31. The van der Waals surface area contributed by atoms with Crippen LogP contribution in [0.1, 0.15) is 44.9 Å². The first kappa shape index (κ1) is 22.1. The van der Waals surface area contributed by atoms with Crippen molar-refractivity contribution >= 4 is 6.03 Å². The summed E-state index contributed by atoms with van der Waals surface area (Å²) in [5.41, 5.74) is -0.0324. The van der Waals surface area contributed by atoms with Crippen molar-refractivity contribution in [1.82, 2.24) is 19.4 Å². The van der Waals surface area contributed by atoms with Gasteiger partial charge in [0.15, 0.2) is 0 Å². The van der Waals surface area contributed by atoms with Crippen molar-refractivity contribution in [2.24, 2.45) is 11.3 Å². The molecule has 1 aliphatic heterocycles. The van der Waals surface area contributed by atoms with Gasteiger partial charge in [-0.2, -0.15) is 0 Å². The van der Waals surface area contributed by atoms with Gasteiger partial charge in [-0.05, 0) is 38.0 Å². The molecule has 3 fully saturated rings. The van der Waals surface area contributed by atoms with Crippen LogP contribution in [0.15, 0.2) is 47.5 Å². The normalized spacial score (nSPS) is 24.2. The number of nitrogens with zero attached hydrogens (tertiary/aromatic N) is 4. The molecule has 1 aromatic heterocycles. The van der Waals surface area contributed by atoms with E-state index in [2.05, 4.69) is 4.98 Å². The number of benzene rings is 1. The number of rotatable bonds is 5. The van der Waals surface area contributed by atoms with Crippen molar-refractivity contribution in [3.63, 3.8) is 0 Å². The topological polar surface area (TPSA) is 78.7 Å². The average molecular weight is 451 g/mol. The Balaban J connectivity index is 1.35. The van der Waals surface area contributed by atoms with Crippen molar-refractivity contribution in [2.45, 2.75) is 57.1 Å². The quantitative estimate of drug-likeness (QED) is 0.758. The Morgan fingerprint density at radius 2 is 1.91 bits per heavy atom. The second-order valence-corrected chi connectivity index (χ2v) is 10.4. The fraction of sp³-hybridized carbons (Fsp3) is 0.577. The predicted octanol–water partition coefficient (Wildman–Crippen LogP) is 3.37. The zero-order valence-electron chi connectivity index (χ0n) is 19.4. The second-order valence-electron chi connectivity index (χ2n) is 10.4.